The average Bonchev–Trinajstić information content (AvgIpc) is 2.34. The van der Waals surface area contributed by atoms with Crippen LogP contribution in [-0.4, -0.2) is 0 Å². The van der Waals surface area contributed by atoms with E-state index in [-0.39, 0.29) is 0 Å². The lowest BCUT2D eigenvalue weighted by Gasteiger charge is -2.11. The first-order valence-electron chi connectivity index (χ1n) is 4.97. The molecular formula is C13H9BrClIO. The third-order valence-electron chi connectivity index (χ3n) is 2.22. The van der Waals surface area contributed by atoms with Crippen LogP contribution < -0.4 is 4.74 Å². The molecule has 0 saturated carbocycles. The molecule has 0 fully saturated rings. The largest absolute Gasteiger partial charge is 0.456 e. The molecule has 4 heteroatoms. The van der Waals surface area contributed by atoms with Crippen LogP contribution in [0.4, 0.5) is 0 Å². The first-order valence-corrected chi connectivity index (χ1v) is 7.38. The molecule has 0 spiro atoms. The normalized spacial score (nSPS) is 10.3. The molecule has 2 aromatic rings. The second-order valence-corrected chi connectivity index (χ2v) is 5.76. The molecule has 0 amide bonds. The van der Waals surface area contributed by atoms with Crippen molar-refractivity contribution in [2.24, 2.45) is 0 Å². The van der Waals surface area contributed by atoms with Gasteiger partial charge in [-0.05, 0) is 52.9 Å². The Kier molecular flexibility index (Phi) is 4.70. The predicted octanol–water partition coefficient (Wildman–Crippen LogP) is 5.58. The number of ether oxygens (including phenoxy) is 1. The molecule has 0 aliphatic heterocycles. The monoisotopic (exact) mass is 422 g/mol. The van der Waals surface area contributed by atoms with E-state index in [2.05, 4.69) is 38.5 Å². The van der Waals surface area contributed by atoms with Gasteiger partial charge in [0.15, 0.2) is 0 Å². The first kappa shape index (κ1) is 13.2. The fourth-order valence-corrected chi connectivity index (χ4v) is 2.51. The van der Waals surface area contributed by atoms with Crippen molar-refractivity contribution in [3.05, 3.63) is 56.1 Å². The van der Waals surface area contributed by atoms with Gasteiger partial charge in [0, 0.05) is 10.0 Å². The highest BCUT2D eigenvalue weighted by Crippen LogP contribution is 2.31. The van der Waals surface area contributed by atoms with E-state index in [1.54, 1.807) is 0 Å². The van der Waals surface area contributed by atoms with Gasteiger partial charge in [-0.15, -0.1) is 11.6 Å². The molecular weight excluding hydrogens is 414 g/mol. The number of rotatable bonds is 3. The molecule has 0 aliphatic carbocycles. The molecule has 0 saturated heterocycles. The van der Waals surface area contributed by atoms with Crippen LogP contribution in [0.3, 0.4) is 0 Å². The summed E-state index contributed by atoms with van der Waals surface area (Å²) >= 11 is 11.6. The van der Waals surface area contributed by atoms with Gasteiger partial charge in [0.1, 0.15) is 11.5 Å². The Morgan fingerprint density at radius 3 is 2.59 bits per heavy atom. The Morgan fingerprint density at radius 1 is 1.12 bits per heavy atom. The third kappa shape index (κ3) is 3.36. The predicted molar refractivity (Wildman–Crippen MR) is 82.9 cm³/mol. The van der Waals surface area contributed by atoms with E-state index in [4.69, 9.17) is 16.3 Å². The maximum absolute atomic E-state index is 5.91. The van der Waals surface area contributed by atoms with Crippen molar-refractivity contribution in [3.8, 4) is 11.5 Å². The fraction of sp³-hybridized carbons (Fsp3) is 0.0769. The van der Waals surface area contributed by atoms with Crippen LogP contribution in [0, 0.1) is 3.57 Å². The standard InChI is InChI=1S/C13H9BrClIO/c14-10-5-6-12(9(7-10)8-15)17-13-4-2-1-3-11(13)16/h1-7H,8H2. The number of alkyl halides is 1. The minimum Gasteiger partial charge on any atom is -0.456 e. The van der Waals surface area contributed by atoms with Gasteiger partial charge < -0.3 is 4.74 Å². The summed E-state index contributed by atoms with van der Waals surface area (Å²) in [5.74, 6) is 2.08. The second kappa shape index (κ2) is 6.07. The van der Waals surface area contributed by atoms with Crippen molar-refractivity contribution < 1.29 is 4.74 Å². The maximum Gasteiger partial charge on any atom is 0.140 e. The number of hydrogen-bond donors (Lipinski definition) is 0. The molecule has 0 atom stereocenters. The molecule has 1 nitrogen and oxygen atoms in total. The summed E-state index contributed by atoms with van der Waals surface area (Å²) in [5, 5.41) is 0. The minimum atomic E-state index is 0.429. The van der Waals surface area contributed by atoms with Gasteiger partial charge >= 0.3 is 0 Å². The van der Waals surface area contributed by atoms with E-state index in [0.717, 1.165) is 25.1 Å². The van der Waals surface area contributed by atoms with E-state index < -0.39 is 0 Å². The fourth-order valence-electron chi connectivity index (χ4n) is 1.40. The average molecular weight is 423 g/mol. The minimum absolute atomic E-state index is 0.429. The van der Waals surface area contributed by atoms with E-state index in [1.165, 1.54) is 0 Å². The van der Waals surface area contributed by atoms with Gasteiger partial charge in [-0.1, -0.05) is 28.1 Å². The van der Waals surface area contributed by atoms with E-state index >= 15 is 0 Å². The van der Waals surface area contributed by atoms with Crippen LogP contribution in [0.1, 0.15) is 5.56 Å². The Labute approximate surface area is 127 Å². The quantitative estimate of drug-likeness (QED) is 0.462. The van der Waals surface area contributed by atoms with Crippen LogP contribution in [0.2, 0.25) is 0 Å². The van der Waals surface area contributed by atoms with E-state index in [9.17, 15) is 0 Å². The Bertz CT molecular complexity index is 531. The van der Waals surface area contributed by atoms with Crippen LogP contribution >= 0.6 is 50.1 Å². The summed E-state index contributed by atoms with van der Waals surface area (Å²) in [4.78, 5) is 0. The summed E-state index contributed by atoms with van der Waals surface area (Å²) in [6, 6.07) is 13.7. The molecule has 0 aliphatic rings. The zero-order chi connectivity index (χ0) is 12.3. The van der Waals surface area contributed by atoms with E-state index in [0.29, 0.717) is 5.88 Å². The molecule has 0 heterocycles. The Balaban J connectivity index is 2.33. The summed E-state index contributed by atoms with van der Waals surface area (Å²) in [6.45, 7) is 0. The van der Waals surface area contributed by atoms with Crippen LogP contribution in [0.25, 0.3) is 0 Å². The SMILES string of the molecule is ClCc1cc(Br)ccc1Oc1ccccc1I. The molecule has 0 unspecified atom stereocenters. The van der Waals surface area contributed by atoms with Crippen LogP contribution in [-0.2, 0) is 5.88 Å². The second-order valence-electron chi connectivity index (χ2n) is 3.42. The van der Waals surface area contributed by atoms with Gasteiger partial charge in [0.2, 0.25) is 0 Å². The third-order valence-corrected chi connectivity index (χ3v) is 3.90. The lowest BCUT2D eigenvalue weighted by molar-refractivity contribution is 0.475. The van der Waals surface area contributed by atoms with Crippen molar-refractivity contribution in [2.75, 3.05) is 0 Å². The molecule has 0 aromatic heterocycles. The highest BCUT2D eigenvalue weighted by molar-refractivity contribution is 14.1. The number of hydrogen-bond acceptors (Lipinski definition) is 1. The lowest BCUT2D eigenvalue weighted by Crippen LogP contribution is -1.91. The van der Waals surface area contributed by atoms with Gasteiger partial charge in [-0.25, -0.2) is 0 Å². The van der Waals surface area contributed by atoms with Gasteiger partial charge in [-0.3, -0.25) is 0 Å². The van der Waals surface area contributed by atoms with Crippen LogP contribution in [0.15, 0.2) is 46.9 Å². The highest BCUT2D eigenvalue weighted by Gasteiger charge is 2.06. The van der Waals surface area contributed by atoms with Crippen molar-refractivity contribution in [1.29, 1.82) is 0 Å². The summed E-state index contributed by atoms with van der Waals surface area (Å²) in [5.41, 5.74) is 0.973. The molecule has 0 N–H and O–H groups in total. The van der Waals surface area contributed by atoms with E-state index in [1.807, 2.05) is 42.5 Å². The van der Waals surface area contributed by atoms with Gasteiger partial charge in [-0.2, -0.15) is 0 Å². The molecule has 88 valence electrons. The van der Waals surface area contributed by atoms with Gasteiger partial charge in [0.25, 0.3) is 0 Å². The highest BCUT2D eigenvalue weighted by atomic mass is 127. The summed E-state index contributed by atoms with van der Waals surface area (Å²) in [6.07, 6.45) is 0. The van der Waals surface area contributed by atoms with Crippen molar-refractivity contribution in [1.82, 2.24) is 0 Å². The number of halogens is 3. The molecule has 2 rings (SSSR count). The topological polar surface area (TPSA) is 9.23 Å². The molecule has 17 heavy (non-hydrogen) atoms. The first-order chi connectivity index (χ1) is 8.20. The molecule has 2 aromatic carbocycles. The Morgan fingerprint density at radius 2 is 1.88 bits per heavy atom. The zero-order valence-electron chi connectivity index (χ0n) is 8.79. The Hall–Kier alpha value is -0.260. The van der Waals surface area contributed by atoms with Gasteiger partial charge in [0.05, 0.1) is 9.45 Å². The van der Waals surface area contributed by atoms with Crippen molar-refractivity contribution in [2.45, 2.75) is 5.88 Å². The molecule has 0 radical (unpaired) electrons. The zero-order valence-corrected chi connectivity index (χ0v) is 13.3. The number of para-hydroxylation sites is 1. The molecule has 0 bridgehead atoms. The van der Waals surface area contributed by atoms with Crippen molar-refractivity contribution >= 4 is 50.1 Å². The maximum atomic E-state index is 5.91. The summed E-state index contributed by atoms with van der Waals surface area (Å²) in [7, 11) is 0. The number of benzene rings is 2. The van der Waals surface area contributed by atoms with Crippen LogP contribution in [0.5, 0.6) is 11.5 Å². The lowest BCUT2D eigenvalue weighted by atomic mass is 10.2. The van der Waals surface area contributed by atoms with Crippen molar-refractivity contribution in [3.63, 3.8) is 0 Å². The summed E-state index contributed by atoms with van der Waals surface area (Å²) < 4.78 is 7.95. The smallest absolute Gasteiger partial charge is 0.140 e.